The summed E-state index contributed by atoms with van der Waals surface area (Å²) >= 11 is 0. The number of alkyl halides is 3. The Hall–Kier alpha value is -2.51. The molecule has 1 atom stereocenters. The summed E-state index contributed by atoms with van der Waals surface area (Å²) in [5.41, 5.74) is -0.747. The largest absolute Gasteiger partial charge is 0.449 e. The second-order valence-corrected chi connectivity index (χ2v) is 10.6. The lowest BCUT2D eigenvalue weighted by Crippen LogP contribution is -2.68. The van der Waals surface area contributed by atoms with E-state index in [0.717, 1.165) is 12.3 Å². The summed E-state index contributed by atoms with van der Waals surface area (Å²) in [5.74, 6) is -2.86. The van der Waals surface area contributed by atoms with E-state index in [-0.39, 0.29) is 18.8 Å². The first-order valence-corrected chi connectivity index (χ1v) is 11.6. The van der Waals surface area contributed by atoms with Crippen LogP contribution in [0.25, 0.3) is 0 Å². The maximum atomic E-state index is 14.0. The maximum absolute atomic E-state index is 14.0. The SMILES string of the molecule is C[C@H](CO)N(C(=O)c1cnc(C(F)(F)F)[nH]1)C1CC2(C1)CN(S(=O)(=O)c1ccccc1F)C2. The Morgan fingerprint density at radius 3 is 2.52 bits per heavy atom. The standard InChI is InChI=1S/C20H22F4N4O4S/c1-12(9-29)28(17(30)15-8-25-18(26-15)20(22,23)24)13-6-19(7-13)10-27(11-19)33(31,32)16-5-3-2-4-14(16)21/h2-5,8,12-13,29H,6-7,9-11H2,1H3,(H,25,26)/t12-/m1/s1. The van der Waals surface area contributed by atoms with E-state index in [1.807, 2.05) is 4.98 Å². The molecule has 33 heavy (non-hydrogen) atoms. The van der Waals surface area contributed by atoms with Gasteiger partial charge in [-0.3, -0.25) is 4.79 Å². The molecule has 1 aliphatic heterocycles. The van der Waals surface area contributed by atoms with Crippen molar-refractivity contribution in [3.63, 3.8) is 0 Å². The molecule has 4 rings (SSSR count). The van der Waals surface area contributed by atoms with E-state index in [4.69, 9.17) is 0 Å². The van der Waals surface area contributed by atoms with Crippen LogP contribution in [0.3, 0.4) is 0 Å². The fourth-order valence-corrected chi connectivity index (χ4v) is 6.32. The van der Waals surface area contributed by atoms with Gasteiger partial charge in [-0.15, -0.1) is 0 Å². The van der Waals surface area contributed by atoms with E-state index < -0.39 is 62.7 Å². The minimum absolute atomic E-state index is 0.151. The summed E-state index contributed by atoms with van der Waals surface area (Å²) in [5, 5.41) is 9.58. The fraction of sp³-hybridized carbons (Fsp3) is 0.500. The number of aliphatic hydroxyl groups excluding tert-OH is 1. The van der Waals surface area contributed by atoms with Crippen LogP contribution in [0, 0.1) is 11.2 Å². The lowest BCUT2D eigenvalue weighted by atomic mass is 9.61. The number of hydrogen-bond donors (Lipinski definition) is 2. The molecule has 2 N–H and O–H groups in total. The van der Waals surface area contributed by atoms with Crippen LogP contribution in [0.15, 0.2) is 35.4 Å². The molecule has 1 saturated carbocycles. The summed E-state index contributed by atoms with van der Waals surface area (Å²) in [6, 6.07) is 4.04. The molecular weight excluding hydrogens is 468 g/mol. The second kappa shape index (κ2) is 8.06. The van der Waals surface area contributed by atoms with Crippen molar-refractivity contribution in [3.05, 3.63) is 47.8 Å². The number of nitrogens with one attached hydrogen (secondary N) is 1. The number of imidazole rings is 1. The Kier molecular flexibility index (Phi) is 5.78. The number of carbonyl (C=O) groups excluding carboxylic acids is 1. The summed E-state index contributed by atoms with van der Waals surface area (Å²) < 4.78 is 79.0. The average molecular weight is 490 g/mol. The molecule has 0 unspecified atom stereocenters. The van der Waals surface area contributed by atoms with Gasteiger partial charge >= 0.3 is 6.18 Å². The monoisotopic (exact) mass is 490 g/mol. The van der Waals surface area contributed by atoms with Crippen LogP contribution in [-0.4, -0.2) is 70.4 Å². The zero-order valence-electron chi connectivity index (χ0n) is 17.5. The van der Waals surface area contributed by atoms with Gasteiger partial charge in [0.2, 0.25) is 15.8 Å². The minimum Gasteiger partial charge on any atom is -0.394 e. The average Bonchev–Trinajstić information content (AvgIpc) is 3.18. The van der Waals surface area contributed by atoms with E-state index in [9.17, 15) is 35.9 Å². The van der Waals surface area contributed by atoms with Crippen LogP contribution >= 0.6 is 0 Å². The smallest absolute Gasteiger partial charge is 0.394 e. The molecule has 2 fully saturated rings. The van der Waals surface area contributed by atoms with Crippen molar-refractivity contribution in [2.75, 3.05) is 19.7 Å². The normalized spacial score (nSPS) is 19.7. The molecule has 1 aliphatic carbocycles. The third-order valence-electron chi connectivity index (χ3n) is 6.26. The van der Waals surface area contributed by atoms with Crippen LogP contribution in [0.2, 0.25) is 0 Å². The molecule has 2 heterocycles. The topological polar surface area (TPSA) is 107 Å². The number of amides is 1. The fourth-order valence-electron chi connectivity index (χ4n) is 4.59. The second-order valence-electron chi connectivity index (χ2n) is 8.65. The van der Waals surface area contributed by atoms with Gasteiger partial charge in [-0.1, -0.05) is 12.1 Å². The molecular formula is C20H22F4N4O4S. The minimum atomic E-state index is -4.73. The Bertz CT molecular complexity index is 1150. The molecule has 2 aromatic rings. The number of aliphatic hydroxyl groups is 1. The Morgan fingerprint density at radius 1 is 1.33 bits per heavy atom. The van der Waals surface area contributed by atoms with Crippen molar-refractivity contribution in [1.82, 2.24) is 19.2 Å². The van der Waals surface area contributed by atoms with Crippen molar-refractivity contribution in [2.45, 2.75) is 42.9 Å². The lowest BCUT2D eigenvalue weighted by molar-refractivity contribution is -0.144. The highest BCUT2D eigenvalue weighted by Crippen LogP contribution is 2.52. The van der Waals surface area contributed by atoms with Gasteiger partial charge in [0.1, 0.15) is 16.4 Å². The van der Waals surface area contributed by atoms with E-state index in [2.05, 4.69) is 4.98 Å². The van der Waals surface area contributed by atoms with Crippen LogP contribution in [0.5, 0.6) is 0 Å². The predicted molar refractivity (Wildman–Crippen MR) is 107 cm³/mol. The third-order valence-corrected chi connectivity index (χ3v) is 8.08. The summed E-state index contributed by atoms with van der Waals surface area (Å²) in [6.45, 7) is 1.47. The lowest BCUT2D eigenvalue weighted by Gasteiger charge is -2.60. The van der Waals surface area contributed by atoms with E-state index in [0.29, 0.717) is 12.8 Å². The van der Waals surface area contributed by atoms with E-state index in [1.54, 1.807) is 6.92 Å². The number of halogens is 4. The number of carbonyl (C=O) groups is 1. The molecule has 1 saturated heterocycles. The molecule has 13 heteroatoms. The molecule has 8 nitrogen and oxygen atoms in total. The molecule has 1 aromatic heterocycles. The quantitative estimate of drug-likeness (QED) is 0.605. The number of hydrogen-bond acceptors (Lipinski definition) is 5. The molecule has 2 aliphatic rings. The first-order chi connectivity index (χ1) is 15.4. The number of aromatic amines is 1. The number of aromatic nitrogens is 2. The molecule has 0 radical (unpaired) electrons. The first-order valence-electron chi connectivity index (χ1n) is 10.2. The third kappa shape index (κ3) is 4.13. The van der Waals surface area contributed by atoms with Gasteiger partial charge in [0.15, 0.2) is 0 Å². The van der Waals surface area contributed by atoms with Crippen molar-refractivity contribution in [2.24, 2.45) is 5.41 Å². The number of rotatable bonds is 6. The van der Waals surface area contributed by atoms with Gasteiger partial charge in [0.05, 0.1) is 18.8 Å². The molecule has 1 aromatic carbocycles. The van der Waals surface area contributed by atoms with E-state index in [1.165, 1.54) is 27.4 Å². The van der Waals surface area contributed by atoms with E-state index >= 15 is 0 Å². The van der Waals surface area contributed by atoms with Crippen molar-refractivity contribution in [1.29, 1.82) is 0 Å². The molecule has 1 spiro atoms. The van der Waals surface area contributed by atoms with Crippen molar-refractivity contribution < 1.29 is 35.9 Å². The van der Waals surface area contributed by atoms with Crippen LogP contribution in [0.4, 0.5) is 17.6 Å². The highest BCUT2D eigenvalue weighted by Gasteiger charge is 2.58. The van der Waals surface area contributed by atoms with Gasteiger partial charge in [-0.2, -0.15) is 17.5 Å². The highest BCUT2D eigenvalue weighted by atomic mass is 32.2. The van der Waals surface area contributed by atoms with Crippen molar-refractivity contribution in [3.8, 4) is 0 Å². The number of sulfonamides is 1. The zero-order valence-corrected chi connectivity index (χ0v) is 18.3. The summed E-state index contributed by atoms with van der Waals surface area (Å²) in [4.78, 5) is 19.0. The zero-order chi connectivity index (χ0) is 24.2. The van der Waals surface area contributed by atoms with Crippen LogP contribution in [-0.2, 0) is 16.2 Å². The molecule has 180 valence electrons. The molecule has 0 bridgehead atoms. The Balaban J connectivity index is 1.44. The van der Waals surface area contributed by atoms with Gasteiger partial charge in [0, 0.05) is 24.5 Å². The Morgan fingerprint density at radius 2 is 1.97 bits per heavy atom. The number of benzene rings is 1. The highest BCUT2D eigenvalue weighted by molar-refractivity contribution is 7.89. The van der Waals surface area contributed by atoms with Gasteiger partial charge in [0.25, 0.3) is 5.91 Å². The van der Waals surface area contributed by atoms with Crippen LogP contribution < -0.4 is 0 Å². The van der Waals surface area contributed by atoms with Gasteiger partial charge in [-0.25, -0.2) is 17.8 Å². The van der Waals surface area contributed by atoms with Crippen molar-refractivity contribution >= 4 is 15.9 Å². The summed E-state index contributed by atoms with van der Waals surface area (Å²) in [6.07, 6.45) is -3.10. The number of H-pyrrole nitrogens is 1. The van der Waals surface area contributed by atoms with Gasteiger partial charge < -0.3 is 15.0 Å². The summed E-state index contributed by atoms with van der Waals surface area (Å²) in [7, 11) is -3.99. The van der Waals surface area contributed by atoms with Crippen LogP contribution in [0.1, 0.15) is 36.1 Å². The maximum Gasteiger partial charge on any atom is 0.449 e. The molecule has 1 amide bonds. The first kappa shape index (κ1) is 23.6. The predicted octanol–water partition coefficient (Wildman–Crippen LogP) is 2.24. The number of nitrogens with zero attached hydrogens (tertiary/aromatic N) is 3. The van der Waals surface area contributed by atoms with Gasteiger partial charge in [-0.05, 0) is 31.9 Å². The Labute approximate surface area is 187 Å².